The third kappa shape index (κ3) is 5.19. The topological polar surface area (TPSA) is 86.7 Å². The largest absolute Gasteiger partial charge is 0.481 e. The number of imide groups is 1. The fourth-order valence-electron chi connectivity index (χ4n) is 2.17. The molecular formula is C14H24N2O4. The van der Waals surface area contributed by atoms with E-state index in [-0.39, 0.29) is 6.42 Å². The standard InChI is InChI=1S/C14H24N2O4/c1-14(2,12(18)19)10-11(17)15-13(20)16-8-6-4-3-5-7-9-16/h3-10H2,1-2H3,(H,18,19)(H,15,17,20). The van der Waals surface area contributed by atoms with Gasteiger partial charge in [-0.1, -0.05) is 19.3 Å². The molecule has 3 amide bonds. The minimum absolute atomic E-state index is 0.206. The predicted molar refractivity (Wildman–Crippen MR) is 74.2 cm³/mol. The Morgan fingerprint density at radius 3 is 2.05 bits per heavy atom. The minimum Gasteiger partial charge on any atom is -0.481 e. The van der Waals surface area contributed by atoms with Crippen LogP contribution in [0.4, 0.5) is 4.79 Å². The number of hydrogen-bond donors (Lipinski definition) is 2. The summed E-state index contributed by atoms with van der Waals surface area (Å²) in [6.45, 7) is 4.24. The van der Waals surface area contributed by atoms with E-state index in [0.29, 0.717) is 13.1 Å². The molecule has 114 valence electrons. The minimum atomic E-state index is -1.17. The van der Waals surface area contributed by atoms with Gasteiger partial charge in [0.05, 0.1) is 5.41 Å². The summed E-state index contributed by atoms with van der Waals surface area (Å²) < 4.78 is 0. The number of carboxylic acids is 1. The Morgan fingerprint density at radius 1 is 1.05 bits per heavy atom. The Morgan fingerprint density at radius 2 is 1.55 bits per heavy atom. The van der Waals surface area contributed by atoms with E-state index < -0.39 is 23.3 Å². The number of carbonyl (C=O) groups is 3. The Labute approximate surface area is 119 Å². The van der Waals surface area contributed by atoms with Crippen LogP contribution in [0.2, 0.25) is 0 Å². The van der Waals surface area contributed by atoms with E-state index in [4.69, 9.17) is 5.11 Å². The van der Waals surface area contributed by atoms with Crippen LogP contribution in [-0.2, 0) is 9.59 Å². The lowest BCUT2D eigenvalue weighted by Crippen LogP contribution is -2.45. The van der Waals surface area contributed by atoms with Crippen LogP contribution >= 0.6 is 0 Å². The molecule has 1 heterocycles. The van der Waals surface area contributed by atoms with Gasteiger partial charge in [0.1, 0.15) is 0 Å². The number of aliphatic carboxylic acids is 1. The van der Waals surface area contributed by atoms with E-state index in [1.165, 1.54) is 20.3 Å². The van der Waals surface area contributed by atoms with Gasteiger partial charge < -0.3 is 10.0 Å². The monoisotopic (exact) mass is 284 g/mol. The van der Waals surface area contributed by atoms with Gasteiger partial charge in [0.15, 0.2) is 0 Å². The van der Waals surface area contributed by atoms with Crippen molar-refractivity contribution in [1.29, 1.82) is 0 Å². The number of carbonyl (C=O) groups excluding carboxylic acids is 2. The van der Waals surface area contributed by atoms with Crippen molar-refractivity contribution in [1.82, 2.24) is 10.2 Å². The van der Waals surface area contributed by atoms with Gasteiger partial charge in [-0.15, -0.1) is 0 Å². The van der Waals surface area contributed by atoms with Gasteiger partial charge in [0.25, 0.3) is 0 Å². The molecule has 0 aromatic rings. The fourth-order valence-corrected chi connectivity index (χ4v) is 2.17. The van der Waals surface area contributed by atoms with Crippen LogP contribution in [0.1, 0.15) is 52.4 Å². The third-order valence-electron chi connectivity index (χ3n) is 3.57. The SMILES string of the molecule is CC(C)(CC(=O)NC(=O)N1CCCCCCC1)C(=O)O. The molecule has 6 heteroatoms. The molecule has 1 aliphatic heterocycles. The molecule has 1 aliphatic rings. The smallest absolute Gasteiger partial charge is 0.324 e. The van der Waals surface area contributed by atoms with Crippen LogP contribution in [0.5, 0.6) is 0 Å². The second-order valence-corrected chi connectivity index (χ2v) is 5.97. The summed E-state index contributed by atoms with van der Waals surface area (Å²) in [5.41, 5.74) is -1.17. The van der Waals surface area contributed by atoms with Crippen molar-refractivity contribution in [3.8, 4) is 0 Å². The Balaban J connectivity index is 2.47. The average Bonchev–Trinajstić information content (AvgIpc) is 2.26. The van der Waals surface area contributed by atoms with Gasteiger partial charge in [-0.2, -0.15) is 0 Å². The van der Waals surface area contributed by atoms with Gasteiger partial charge in [0.2, 0.25) is 5.91 Å². The second-order valence-electron chi connectivity index (χ2n) is 5.97. The van der Waals surface area contributed by atoms with E-state index in [1.54, 1.807) is 4.90 Å². The summed E-state index contributed by atoms with van der Waals surface area (Å²) in [5.74, 6) is -1.59. The number of nitrogens with one attached hydrogen (secondary N) is 1. The highest BCUT2D eigenvalue weighted by Crippen LogP contribution is 2.20. The summed E-state index contributed by atoms with van der Waals surface area (Å²) in [6, 6.07) is -0.405. The third-order valence-corrected chi connectivity index (χ3v) is 3.57. The van der Waals surface area contributed by atoms with Gasteiger partial charge >= 0.3 is 12.0 Å². The van der Waals surface area contributed by atoms with Crippen molar-refractivity contribution in [2.24, 2.45) is 5.41 Å². The van der Waals surface area contributed by atoms with Crippen molar-refractivity contribution in [3.63, 3.8) is 0 Å². The van der Waals surface area contributed by atoms with Crippen LogP contribution in [0, 0.1) is 5.41 Å². The van der Waals surface area contributed by atoms with E-state index in [1.807, 2.05) is 0 Å². The normalized spacial score (nSPS) is 17.0. The highest BCUT2D eigenvalue weighted by Gasteiger charge is 2.31. The van der Waals surface area contributed by atoms with Crippen LogP contribution in [-0.4, -0.2) is 41.0 Å². The first kappa shape index (κ1) is 16.5. The molecule has 1 rings (SSSR count). The van der Waals surface area contributed by atoms with E-state index in [2.05, 4.69) is 5.32 Å². The van der Waals surface area contributed by atoms with Gasteiger partial charge in [-0.05, 0) is 26.7 Å². The van der Waals surface area contributed by atoms with Crippen molar-refractivity contribution in [2.45, 2.75) is 52.4 Å². The number of carboxylic acid groups (broad SMARTS) is 1. The van der Waals surface area contributed by atoms with E-state index in [9.17, 15) is 14.4 Å². The highest BCUT2D eigenvalue weighted by molar-refractivity contribution is 5.96. The molecule has 0 aromatic heterocycles. The second kappa shape index (κ2) is 7.26. The first-order chi connectivity index (χ1) is 9.33. The van der Waals surface area contributed by atoms with Crippen LogP contribution < -0.4 is 5.32 Å². The molecule has 0 unspecified atom stereocenters. The molecule has 20 heavy (non-hydrogen) atoms. The summed E-state index contributed by atoms with van der Waals surface area (Å²) in [7, 11) is 0. The van der Waals surface area contributed by atoms with E-state index in [0.717, 1.165) is 25.7 Å². The summed E-state index contributed by atoms with van der Waals surface area (Å²) >= 11 is 0. The molecule has 0 bridgehead atoms. The number of rotatable bonds is 3. The predicted octanol–water partition coefficient (Wildman–Crippen LogP) is 1.99. The summed E-state index contributed by atoms with van der Waals surface area (Å²) in [5, 5.41) is 11.3. The number of urea groups is 1. The molecule has 1 fully saturated rings. The summed E-state index contributed by atoms with van der Waals surface area (Å²) in [4.78, 5) is 36.3. The lowest BCUT2D eigenvalue weighted by molar-refractivity contribution is -0.149. The Hall–Kier alpha value is -1.59. The molecule has 0 aliphatic carbocycles. The molecular weight excluding hydrogens is 260 g/mol. The van der Waals surface area contributed by atoms with Crippen LogP contribution in [0.15, 0.2) is 0 Å². The number of nitrogens with zero attached hydrogens (tertiary/aromatic N) is 1. The number of amides is 3. The van der Waals surface area contributed by atoms with Crippen LogP contribution in [0.25, 0.3) is 0 Å². The molecule has 1 saturated heterocycles. The summed E-state index contributed by atoms with van der Waals surface area (Å²) in [6.07, 6.45) is 5.08. The zero-order valence-electron chi connectivity index (χ0n) is 12.3. The van der Waals surface area contributed by atoms with Gasteiger partial charge in [-0.25, -0.2) is 4.79 Å². The van der Waals surface area contributed by atoms with Crippen molar-refractivity contribution < 1.29 is 19.5 Å². The number of hydrogen-bond acceptors (Lipinski definition) is 3. The van der Waals surface area contributed by atoms with E-state index >= 15 is 0 Å². The molecule has 0 spiro atoms. The lowest BCUT2D eigenvalue weighted by Gasteiger charge is -2.25. The van der Waals surface area contributed by atoms with Crippen molar-refractivity contribution in [3.05, 3.63) is 0 Å². The Bertz CT molecular complexity index is 371. The zero-order chi connectivity index (χ0) is 15.2. The van der Waals surface area contributed by atoms with Crippen molar-refractivity contribution in [2.75, 3.05) is 13.1 Å². The van der Waals surface area contributed by atoms with Gasteiger partial charge in [0, 0.05) is 19.5 Å². The molecule has 0 saturated carbocycles. The fraction of sp³-hybridized carbons (Fsp3) is 0.786. The maximum absolute atomic E-state index is 12.0. The van der Waals surface area contributed by atoms with Crippen molar-refractivity contribution >= 4 is 17.9 Å². The van der Waals surface area contributed by atoms with Crippen LogP contribution in [0.3, 0.4) is 0 Å². The molecule has 6 nitrogen and oxygen atoms in total. The molecule has 0 aromatic carbocycles. The first-order valence-electron chi connectivity index (χ1n) is 7.15. The molecule has 2 N–H and O–H groups in total. The lowest BCUT2D eigenvalue weighted by atomic mass is 9.89. The maximum atomic E-state index is 12.0. The number of likely N-dealkylation sites (tertiary alicyclic amines) is 1. The average molecular weight is 284 g/mol. The Kier molecular flexibility index (Phi) is 5.98. The zero-order valence-corrected chi connectivity index (χ0v) is 12.3. The quantitative estimate of drug-likeness (QED) is 0.829. The highest BCUT2D eigenvalue weighted by atomic mass is 16.4. The maximum Gasteiger partial charge on any atom is 0.324 e. The molecule has 0 radical (unpaired) electrons. The first-order valence-corrected chi connectivity index (χ1v) is 7.15. The van der Waals surface area contributed by atoms with Gasteiger partial charge in [-0.3, -0.25) is 14.9 Å². The molecule has 0 atom stereocenters.